The van der Waals surface area contributed by atoms with Gasteiger partial charge in [-0.1, -0.05) is 17.7 Å². The van der Waals surface area contributed by atoms with Gasteiger partial charge in [-0.3, -0.25) is 0 Å². The molecule has 0 aliphatic carbocycles. The molecule has 2 unspecified atom stereocenters. The van der Waals surface area contributed by atoms with Gasteiger partial charge in [-0.2, -0.15) is 0 Å². The van der Waals surface area contributed by atoms with Crippen molar-refractivity contribution in [3.63, 3.8) is 0 Å². The Bertz CT molecular complexity index is 376. The topological polar surface area (TPSA) is 78.5 Å². The highest BCUT2D eigenvalue weighted by Gasteiger charge is 2.22. The second-order valence-electron chi connectivity index (χ2n) is 3.44. The monoisotopic (exact) mass is 248 g/mol. The van der Waals surface area contributed by atoms with Gasteiger partial charge in [0.15, 0.2) is 5.82 Å². The summed E-state index contributed by atoms with van der Waals surface area (Å²) in [6.45, 7) is 0.170. The summed E-state index contributed by atoms with van der Waals surface area (Å²) in [5, 5.41) is 21.7. The van der Waals surface area contributed by atoms with E-state index in [1.54, 1.807) is 7.05 Å². The van der Waals surface area contributed by atoms with Crippen molar-refractivity contribution in [2.75, 3.05) is 19.3 Å². The number of hydrogen-bond donors (Lipinski definition) is 4. The van der Waals surface area contributed by atoms with Gasteiger partial charge >= 0.3 is 0 Å². The molecule has 0 radical (unpaired) electrons. The first-order chi connectivity index (χ1) is 7.49. The van der Waals surface area contributed by atoms with Crippen LogP contribution in [0.25, 0.3) is 0 Å². The minimum atomic E-state index is -1.25. The van der Waals surface area contributed by atoms with Crippen LogP contribution < -0.4 is 11.1 Å². The molecule has 1 aromatic carbocycles. The van der Waals surface area contributed by atoms with E-state index in [1.807, 2.05) is 0 Å². The highest BCUT2D eigenvalue weighted by molar-refractivity contribution is 6.31. The van der Waals surface area contributed by atoms with Gasteiger partial charge in [0.25, 0.3) is 0 Å². The zero-order valence-corrected chi connectivity index (χ0v) is 9.50. The van der Waals surface area contributed by atoms with Gasteiger partial charge < -0.3 is 21.3 Å². The van der Waals surface area contributed by atoms with Gasteiger partial charge in [-0.25, -0.2) is 4.39 Å². The smallest absolute Gasteiger partial charge is 0.165 e. The number of aliphatic hydroxyl groups excluding tert-OH is 2. The summed E-state index contributed by atoms with van der Waals surface area (Å²) in [7, 11) is 1.63. The van der Waals surface area contributed by atoms with Crippen LogP contribution in [-0.2, 0) is 0 Å². The summed E-state index contributed by atoms with van der Waals surface area (Å²) in [6, 6.07) is 2.69. The van der Waals surface area contributed by atoms with Gasteiger partial charge in [0, 0.05) is 12.1 Å². The standard InChI is InChI=1S/C10H14ClFN2O2/c1-14-4-7(15)10(16)5-2-3-6(13)9(12)8(5)11/h2-3,7,10,14-16H,4,13H2,1H3. The van der Waals surface area contributed by atoms with Crippen molar-refractivity contribution < 1.29 is 14.6 Å². The van der Waals surface area contributed by atoms with Crippen molar-refractivity contribution in [2.45, 2.75) is 12.2 Å². The molecular formula is C10H14ClFN2O2. The van der Waals surface area contributed by atoms with Crippen LogP contribution in [0.5, 0.6) is 0 Å². The van der Waals surface area contributed by atoms with Crippen LogP contribution in [0.2, 0.25) is 5.02 Å². The van der Waals surface area contributed by atoms with E-state index in [9.17, 15) is 14.6 Å². The Hall–Kier alpha value is -0.880. The molecule has 2 atom stereocenters. The molecule has 4 nitrogen and oxygen atoms in total. The Labute approximate surface area is 97.8 Å². The van der Waals surface area contributed by atoms with E-state index >= 15 is 0 Å². The second-order valence-corrected chi connectivity index (χ2v) is 3.82. The number of rotatable bonds is 4. The maximum absolute atomic E-state index is 13.3. The normalized spacial score (nSPS) is 14.8. The summed E-state index contributed by atoms with van der Waals surface area (Å²) in [5.74, 6) is -0.783. The first-order valence-electron chi connectivity index (χ1n) is 4.73. The molecule has 0 amide bonds. The van der Waals surface area contributed by atoms with Crippen LogP contribution in [0, 0.1) is 5.82 Å². The lowest BCUT2D eigenvalue weighted by Gasteiger charge is -2.19. The maximum atomic E-state index is 13.3. The van der Waals surface area contributed by atoms with Crippen molar-refractivity contribution in [1.82, 2.24) is 5.32 Å². The molecule has 0 heterocycles. The third-order valence-electron chi connectivity index (χ3n) is 2.24. The molecule has 0 bridgehead atoms. The zero-order valence-electron chi connectivity index (χ0n) is 8.74. The van der Waals surface area contributed by atoms with Crippen LogP contribution in [0.4, 0.5) is 10.1 Å². The van der Waals surface area contributed by atoms with Gasteiger partial charge in [-0.15, -0.1) is 0 Å². The Morgan fingerprint density at radius 3 is 2.69 bits per heavy atom. The van der Waals surface area contributed by atoms with E-state index in [-0.39, 0.29) is 22.8 Å². The molecule has 0 saturated carbocycles. The van der Waals surface area contributed by atoms with E-state index in [2.05, 4.69) is 5.32 Å². The minimum Gasteiger partial charge on any atom is -0.396 e. The molecule has 0 spiro atoms. The van der Waals surface area contributed by atoms with Crippen LogP contribution in [0.3, 0.4) is 0 Å². The van der Waals surface area contributed by atoms with Gasteiger partial charge in [0.05, 0.1) is 16.8 Å². The van der Waals surface area contributed by atoms with Gasteiger partial charge in [-0.05, 0) is 13.1 Å². The predicted octanol–water partition coefficient (Wildman–Crippen LogP) is 0.675. The third kappa shape index (κ3) is 2.62. The van der Waals surface area contributed by atoms with Gasteiger partial charge in [0.1, 0.15) is 6.10 Å². The molecule has 0 aliphatic heterocycles. The van der Waals surface area contributed by atoms with E-state index in [4.69, 9.17) is 17.3 Å². The molecule has 1 aromatic rings. The molecule has 6 heteroatoms. The van der Waals surface area contributed by atoms with Crippen molar-refractivity contribution in [1.29, 1.82) is 0 Å². The summed E-state index contributed by atoms with van der Waals surface area (Å²) in [6.07, 6.45) is -2.32. The van der Waals surface area contributed by atoms with E-state index in [0.29, 0.717) is 0 Å². The lowest BCUT2D eigenvalue weighted by molar-refractivity contribution is 0.0201. The number of halogens is 2. The predicted molar refractivity (Wildman–Crippen MR) is 60.7 cm³/mol. The van der Waals surface area contributed by atoms with Crippen LogP contribution in [-0.4, -0.2) is 29.9 Å². The number of nitrogens with two attached hydrogens (primary N) is 1. The summed E-state index contributed by atoms with van der Waals surface area (Å²) >= 11 is 5.69. The Morgan fingerprint density at radius 1 is 1.50 bits per heavy atom. The molecule has 16 heavy (non-hydrogen) atoms. The summed E-state index contributed by atoms with van der Waals surface area (Å²) in [5.41, 5.74) is 5.34. The molecule has 0 aliphatic rings. The molecule has 0 aromatic heterocycles. The number of benzene rings is 1. The fraction of sp³-hybridized carbons (Fsp3) is 0.400. The lowest BCUT2D eigenvalue weighted by atomic mass is 10.0. The largest absolute Gasteiger partial charge is 0.396 e. The first kappa shape index (κ1) is 13.2. The Balaban J connectivity index is 3.00. The molecule has 5 N–H and O–H groups in total. The molecular weight excluding hydrogens is 235 g/mol. The fourth-order valence-electron chi connectivity index (χ4n) is 1.34. The number of likely N-dealkylation sites (N-methyl/N-ethyl adjacent to an activating group) is 1. The lowest BCUT2D eigenvalue weighted by Crippen LogP contribution is -2.29. The van der Waals surface area contributed by atoms with Crippen molar-refractivity contribution in [3.05, 3.63) is 28.5 Å². The Kier molecular flexibility index (Phi) is 4.49. The van der Waals surface area contributed by atoms with Crippen LogP contribution in [0.1, 0.15) is 11.7 Å². The number of nitrogen functional groups attached to an aromatic ring is 1. The minimum absolute atomic E-state index is 0.0935. The van der Waals surface area contributed by atoms with Crippen LogP contribution in [0.15, 0.2) is 12.1 Å². The van der Waals surface area contributed by atoms with Crippen LogP contribution >= 0.6 is 11.6 Å². The number of anilines is 1. The highest BCUT2D eigenvalue weighted by Crippen LogP contribution is 2.30. The van der Waals surface area contributed by atoms with Crippen molar-refractivity contribution in [3.8, 4) is 0 Å². The summed E-state index contributed by atoms with van der Waals surface area (Å²) in [4.78, 5) is 0. The first-order valence-corrected chi connectivity index (χ1v) is 5.11. The molecule has 90 valence electrons. The second kappa shape index (κ2) is 5.45. The number of nitrogens with one attached hydrogen (secondary N) is 1. The number of aliphatic hydroxyl groups is 2. The zero-order chi connectivity index (χ0) is 12.3. The highest BCUT2D eigenvalue weighted by atomic mass is 35.5. The van der Waals surface area contributed by atoms with Gasteiger partial charge in [0.2, 0.25) is 0 Å². The van der Waals surface area contributed by atoms with Crippen molar-refractivity contribution in [2.24, 2.45) is 0 Å². The average molecular weight is 249 g/mol. The average Bonchev–Trinajstić information content (AvgIpc) is 2.26. The van der Waals surface area contributed by atoms with E-state index < -0.39 is 18.0 Å². The SMILES string of the molecule is CNCC(O)C(O)c1ccc(N)c(F)c1Cl. The van der Waals surface area contributed by atoms with Crippen molar-refractivity contribution >= 4 is 17.3 Å². The molecule has 0 saturated heterocycles. The third-order valence-corrected chi connectivity index (χ3v) is 2.62. The van der Waals surface area contributed by atoms with E-state index in [1.165, 1.54) is 12.1 Å². The van der Waals surface area contributed by atoms with E-state index in [0.717, 1.165) is 0 Å². The summed E-state index contributed by atoms with van der Waals surface area (Å²) < 4.78 is 13.3. The quantitative estimate of drug-likeness (QED) is 0.591. The maximum Gasteiger partial charge on any atom is 0.165 e. The molecule has 0 fully saturated rings. The number of hydrogen-bond acceptors (Lipinski definition) is 4. The fourth-order valence-corrected chi connectivity index (χ4v) is 1.62. The Morgan fingerprint density at radius 2 is 2.12 bits per heavy atom. The molecule has 1 rings (SSSR count).